The molecule has 1 atom stereocenters. The average Bonchev–Trinajstić information content (AvgIpc) is 2.57. The molecule has 0 bridgehead atoms. The van der Waals surface area contributed by atoms with E-state index in [-0.39, 0.29) is 17.1 Å². The molecule has 0 aliphatic rings. The average molecular weight is 354 g/mol. The molecule has 0 aliphatic heterocycles. The van der Waals surface area contributed by atoms with Gasteiger partial charge in [-0.3, -0.25) is 0 Å². The molecule has 0 radical (unpaired) electrons. The van der Waals surface area contributed by atoms with Crippen molar-refractivity contribution in [2.45, 2.75) is 52.9 Å². The number of carbonyl (C=O) groups is 3. The fourth-order valence-electron chi connectivity index (χ4n) is 1.82. The van der Waals surface area contributed by atoms with Crippen LogP contribution in [0.15, 0.2) is 36.5 Å². The van der Waals surface area contributed by atoms with Crippen molar-refractivity contribution >= 4 is 17.9 Å². The zero-order valence-corrected chi connectivity index (χ0v) is 15.4. The van der Waals surface area contributed by atoms with Crippen LogP contribution in [-0.4, -0.2) is 34.7 Å². The number of hydrogen-bond acceptors (Lipinski definition) is 4. The highest BCUT2D eigenvalue weighted by molar-refractivity contribution is 5.93. The topological polar surface area (TPSA) is 101 Å². The first kappa shape index (κ1) is 24.9. The largest absolute Gasteiger partial charge is 0.478 e. The molecule has 6 nitrogen and oxygen atoms in total. The summed E-state index contributed by atoms with van der Waals surface area (Å²) >= 11 is 0. The Hall–Kier alpha value is -2.37. The van der Waals surface area contributed by atoms with E-state index in [1.807, 2.05) is 0 Å². The third-order valence-electron chi connectivity index (χ3n) is 3.48. The molecule has 2 N–H and O–H groups in total. The third kappa shape index (κ3) is 14.9. The first-order valence-electron chi connectivity index (χ1n) is 8.32. The summed E-state index contributed by atoms with van der Waals surface area (Å²) in [7, 11) is 0. The van der Waals surface area contributed by atoms with E-state index < -0.39 is 11.9 Å². The molecular formula is C19H30O6. The highest BCUT2D eigenvalue weighted by atomic mass is 16.5. The number of unbranched alkanes of at least 4 members (excludes halogenated alkanes) is 1. The summed E-state index contributed by atoms with van der Waals surface area (Å²) in [5.41, 5.74) is -0.276. The lowest BCUT2D eigenvalue weighted by atomic mass is 9.96. The fraction of sp³-hybridized carbons (Fsp3) is 0.526. The van der Waals surface area contributed by atoms with Crippen LogP contribution >= 0.6 is 0 Å². The molecule has 0 spiro atoms. The zero-order chi connectivity index (χ0) is 19.8. The van der Waals surface area contributed by atoms with Gasteiger partial charge in [0.1, 0.15) is 0 Å². The van der Waals surface area contributed by atoms with Crippen LogP contribution in [0, 0.1) is 5.92 Å². The first-order valence-corrected chi connectivity index (χ1v) is 8.32. The standard InChI is InChI=1S/C12H22O2.C7H8O4/c1-4-7-8-11(5-2)9-10-14-12(13)6-3;1-4(6(8)9)3-5(2)7(10)11/h6,11H,3-5,7-10H2,1-2H3;3H,1H2,2H3,(H,8,9)(H,10,11). The molecule has 0 saturated heterocycles. The highest BCUT2D eigenvalue weighted by Crippen LogP contribution is 2.16. The van der Waals surface area contributed by atoms with E-state index in [0.717, 1.165) is 12.5 Å². The second-order valence-corrected chi connectivity index (χ2v) is 5.54. The van der Waals surface area contributed by atoms with Crippen LogP contribution < -0.4 is 0 Å². The molecule has 0 aromatic carbocycles. The summed E-state index contributed by atoms with van der Waals surface area (Å²) in [5.74, 6) is -1.97. The monoisotopic (exact) mass is 354 g/mol. The van der Waals surface area contributed by atoms with Gasteiger partial charge in [0.05, 0.1) is 12.2 Å². The molecule has 1 unspecified atom stereocenters. The molecule has 0 saturated carbocycles. The van der Waals surface area contributed by atoms with Crippen molar-refractivity contribution in [1.82, 2.24) is 0 Å². The summed E-state index contributed by atoms with van der Waals surface area (Å²) in [5, 5.41) is 16.6. The van der Waals surface area contributed by atoms with Crippen LogP contribution in [0.2, 0.25) is 0 Å². The quantitative estimate of drug-likeness (QED) is 0.331. The first-order chi connectivity index (χ1) is 11.7. The van der Waals surface area contributed by atoms with Gasteiger partial charge in [0, 0.05) is 11.6 Å². The molecule has 0 amide bonds. The lowest BCUT2D eigenvalue weighted by Gasteiger charge is -2.13. The summed E-state index contributed by atoms with van der Waals surface area (Å²) < 4.78 is 4.95. The van der Waals surface area contributed by atoms with E-state index in [2.05, 4.69) is 27.0 Å². The number of aliphatic carboxylic acids is 2. The number of ether oxygens (including phenoxy) is 1. The summed E-state index contributed by atoms with van der Waals surface area (Å²) in [6.45, 7) is 12.7. The number of carbonyl (C=O) groups excluding carboxylic acids is 1. The number of carboxylic acid groups (broad SMARTS) is 2. The summed E-state index contributed by atoms with van der Waals surface area (Å²) in [6, 6.07) is 0. The Morgan fingerprint density at radius 1 is 1.12 bits per heavy atom. The Labute approximate surface area is 149 Å². The lowest BCUT2D eigenvalue weighted by Crippen LogP contribution is -2.07. The van der Waals surface area contributed by atoms with Crippen molar-refractivity contribution in [1.29, 1.82) is 0 Å². The predicted molar refractivity (Wildman–Crippen MR) is 97.2 cm³/mol. The molecule has 0 rings (SSSR count). The Balaban J connectivity index is 0. The molecule has 0 aromatic heterocycles. The van der Waals surface area contributed by atoms with Crippen LogP contribution in [0.1, 0.15) is 52.9 Å². The third-order valence-corrected chi connectivity index (χ3v) is 3.48. The second-order valence-electron chi connectivity index (χ2n) is 5.54. The molecular weight excluding hydrogens is 324 g/mol. The van der Waals surface area contributed by atoms with E-state index >= 15 is 0 Å². The molecule has 0 aliphatic carbocycles. The minimum Gasteiger partial charge on any atom is -0.478 e. The Bertz CT molecular complexity index is 490. The van der Waals surface area contributed by atoms with Gasteiger partial charge in [0.2, 0.25) is 0 Å². The molecule has 0 fully saturated rings. The SMILES string of the molecule is C=C(C=C(C)C(=O)O)C(=O)O.C=CC(=O)OCCC(CC)CCCC. The number of esters is 1. The van der Waals surface area contributed by atoms with E-state index in [0.29, 0.717) is 12.5 Å². The van der Waals surface area contributed by atoms with Gasteiger partial charge in [0.15, 0.2) is 0 Å². The van der Waals surface area contributed by atoms with E-state index in [1.165, 1.54) is 38.7 Å². The van der Waals surface area contributed by atoms with Crippen LogP contribution in [0.25, 0.3) is 0 Å². The van der Waals surface area contributed by atoms with Gasteiger partial charge in [-0.25, -0.2) is 14.4 Å². The minimum absolute atomic E-state index is 0.0441. The summed E-state index contributed by atoms with van der Waals surface area (Å²) in [4.78, 5) is 31.0. The predicted octanol–water partition coefficient (Wildman–Crippen LogP) is 3.98. The maximum atomic E-state index is 10.8. The van der Waals surface area contributed by atoms with Gasteiger partial charge in [-0.15, -0.1) is 0 Å². The van der Waals surface area contributed by atoms with Gasteiger partial charge >= 0.3 is 17.9 Å². The van der Waals surface area contributed by atoms with Gasteiger partial charge in [-0.05, 0) is 25.3 Å². The summed E-state index contributed by atoms with van der Waals surface area (Å²) in [6.07, 6.45) is 8.13. The van der Waals surface area contributed by atoms with E-state index in [4.69, 9.17) is 14.9 Å². The van der Waals surface area contributed by atoms with Gasteiger partial charge in [-0.2, -0.15) is 0 Å². The molecule has 25 heavy (non-hydrogen) atoms. The normalized spacial score (nSPS) is 11.6. The molecule has 0 heterocycles. The van der Waals surface area contributed by atoms with Crippen molar-refractivity contribution in [2.75, 3.05) is 6.61 Å². The van der Waals surface area contributed by atoms with Crippen molar-refractivity contribution in [2.24, 2.45) is 5.92 Å². The Morgan fingerprint density at radius 2 is 1.72 bits per heavy atom. The van der Waals surface area contributed by atoms with Crippen LogP contribution in [0.4, 0.5) is 0 Å². The van der Waals surface area contributed by atoms with Crippen LogP contribution in [-0.2, 0) is 19.1 Å². The minimum atomic E-state index is -1.22. The number of hydrogen-bond donors (Lipinski definition) is 2. The number of rotatable bonds is 11. The molecule has 142 valence electrons. The molecule has 0 aromatic rings. The Kier molecular flexibility index (Phi) is 15.1. The molecule has 6 heteroatoms. The zero-order valence-electron chi connectivity index (χ0n) is 15.4. The van der Waals surface area contributed by atoms with Crippen molar-refractivity contribution < 1.29 is 29.3 Å². The maximum absolute atomic E-state index is 10.8. The smallest absolute Gasteiger partial charge is 0.335 e. The second kappa shape index (κ2) is 15.2. The van der Waals surface area contributed by atoms with Gasteiger partial charge in [-0.1, -0.05) is 52.7 Å². The van der Waals surface area contributed by atoms with Crippen molar-refractivity contribution in [3.8, 4) is 0 Å². The van der Waals surface area contributed by atoms with Crippen LogP contribution in [0.5, 0.6) is 0 Å². The van der Waals surface area contributed by atoms with Crippen molar-refractivity contribution in [3.63, 3.8) is 0 Å². The van der Waals surface area contributed by atoms with Gasteiger partial charge < -0.3 is 14.9 Å². The van der Waals surface area contributed by atoms with E-state index in [1.54, 1.807) is 0 Å². The highest BCUT2D eigenvalue weighted by Gasteiger charge is 2.06. The maximum Gasteiger partial charge on any atom is 0.335 e. The van der Waals surface area contributed by atoms with E-state index in [9.17, 15) is 14.4 Å². The van der Waals surface area contributed by atoms with Gasteiger partial charge in [0.25, 0.3) is 0 Å². The van der Waals surface area contributed by atoms with Crippen LogP contribution in [0.3, 0.4) is 0 Å². The fourth-order valence-corrected chi connectivity index (χ4v) is 1.82. The lowest BCUT2D eigenvalue weighted by molar-refractivity contribution is -0.138. The number of carboxylic acids is 2. The Morgan fingerprint density at radius 3 is 2.12 bits per heavy atom. The van der Waals surface area contributed by atoms with Crippen molar-refractivity contribution in [3.05, 3.63) is 36.5 Å².